The summed E-state index contributed by atoms with van der Waals surface area (Å²) >= 11 is 0. The van der Waals surface area contributed by atoms with Crippen LogP contribution in [-0.2, 0) is 11.3 Å². The Kier molecular flexibility index (Phi) is 6.82. The van der Waals surface area contributed by atoms with Gasteiger partial charge in [-0.3, -0.25) is 9.69 Å². The monoisotopic (exact) mass is 404 g/mol. The van der Waals surface area contributed by atoms with Gasteiger partial charge in [0.05, 0.1) is 12.6 Å². The van der Waals surface area contributed by atoms with Gasteiger partial charge in [0.15, 0.2) is 0 Å². The van der Waals surface area contributed by atoms with Crippen molar-refractivity contribution in [3.63, 3.8) is 0 Å². The van der Waals surface area contributed by atoms with E-state index in [1.165, 1.54) is 18.4 Å². The molecule has 0 radical (unpaired) electrons. The predicted molar refractivity (Wildman–Crippen MR) is 115 cm³/mol. The molecule has 0 saturated carbocycles. The van der Waals surface area contributed by atoms with Crippen LogP contribution in [0.25, 0.3) is 11.4 Å². The van der Waals surface area contributed by atoms with Crippen LogP contribution in [0.3, 0.4) is 0 Å². The second kappa shape index (κ2) is 10.1. The fourth-order valence-corrected chi connectivity index (χ4v) is 3.91. The van der Waals surface area contributed by atoms with Gasteiger partial charge < -0.3 is 5.32 Å². The molecule has 156 valence electrons. The molecule has 3 aromatic rings. The maximum Gasteiger partial charge on any atom is 0.220 e. The van der Waals surface area contributed by atoms with Gasteiger partial charge in [-0.1, -0.05) is 60.7 Å². The molecule has 2 aromatic carbocycles. The number of nitrogens with zero attached hydrogens (tertiary/aromatic N) is 5. The largest absolute Gasteiger partial charge is 0.354 e. The molecule has 1 amide bonds. The Morgan fingerprint density at radius 1 is 1.00 bits per heavy atom. The Balaban J connectivity index is 1.25. The maximum absolute atomic E-state index is 12.4. The van der Waals surface area contributed by atoms with Gasteiger partial charge in [0.2, 0.25) is 11.7 Å². The zero-order chi connectivity index (χ0) is 20.6. The molecule has 1 saturated heterocycles. The van der Waals surface area contributed by atoms with Crippen LogP contribution in [0.1, 0.15) is 37.3 Å². The summed E-state index contributed by atoms with van der Waals surface area (Å²) in [6, 6.07) is 20.5. The number of rotatable bonds is 9. The fourth-order valence-electron chi connectivity index (χ4n) is 3.91. The maximum atomic E-state index is 12.4. The van der Waals surface area contributed by atoms with E-state index in [1.807, 2.05) is 36.4 Å². The Morgan fingerprint density at radius 3 is 2.43 bits per heavy atom. The third kappa shape index (κ3) is 5.30. The molecule has 0 aliphatic carbocycles. The lowest BCUT2D eigenvalue weighted by Gasteiger charge is -2.28. The molecule has 7 nitrogen and oxygen atoms in total. The first-order valence-electron chi connectivity index (χ1n) is 10.7. The second-order valence-corrected chi connectivity index (χ2v) is 7.65. The summed E-state index contributed by atoms with van der Waals surface area (Å²) in [5, 5.41) is 15.7. The van der Waals surface area contributed by atoms with Crippen molar-refractivity contribution in [2.75, 3.05) is 19.6 Å². The van der Waals surface area contributed by atoms with Crippen LogP contribution in [-0.4, -0.2) is 50.6 Å². The molecule has 1 aliphatic heterocycles. The third-order valence-electron chi connectivity index (χ3n) is 5.51. The number of tetrazole rings is 1. The molecule has 1 atom stereocenters. The molecule has 0 spiro atoms. The highest BCUT2D eigenvalue weighted by Crippen LogP contribution is 2.24. The first kappa shape index (κ1) is 20.2. The van der Waals surface area contributed by atoms with Gasteiger partial charge in [-0.2, -0.15) is 4.80 Å². The molecule has 7 heteroatoms. The van der Waals surface area contributed by atoms with Crippen LogP contribution in [0.4, 0.5) is 0 Å². The van der Waals surface area contributed by atoms with Crippen molar-refractivity contribution in [3.8, 4) is 11.4 Å². The van der Waals surface area contributed by atoms with Crippen molar-refractivity contribution < 1.29 is 4.79 Å². The van der Waals surface area contributed by atoms with Crippen molar-refractivity contribution in [2.45, 2.75) is 38.3 Å². The lowest BCUT2D eigenvalue weighted by Crippen LogP contribution is -2.36. The number of benzene rings is 2. The molecule has 1 fully saturated rings. The number of carbonyl (C=O) groups excluding carboxylic acids is 1. The molecular weight excluding hydrogens is 376 g/mol. The van der Waals surface area contributed by atoms with E-state index in [2.05, 4.69) is 49.9 Å². The third-order valence-corrected chi connectivity index (χ3v) is 5.51. The van der Waals surface area contributed by atoms with E-state index in [1.54, 1.807) is 4.80 Å². The predicted octanol–water partition coefficient (Wildman–Crippen LogP) is 3.07. The topological polar surface area (TPSA) is 75.9 Å². The van der Waals surface area contributed by atoms with Crippen LogP contribution >= 0.6 is 0 Å². The minimum absolute atomic E-state index is 0.0681. The smallest absolute Gasteiger partial charge is 0.220 e. The minimum atomic E-state index is 0.0681. The molecule has 30 heavy (non-hydrogen) atoms. The van der Waals surface area contributed by atoms with E-state index in [0.717, 1.165) is 18.7 Å². The summed E-state index contributed by atoms with van der Waals surface area (Å²) in [5.74, 6) is 0.676. The standard InChI is InChI=1S/C23H28N6O/c30-22(14-9-17-29-26-23(25-27-29)20-12-5-2-6-13-20)24-18-21(28-15-7-8-16-28)19-10-3-1-4-11-19/h1-6,10-13,21H,7-9,14-18H2,(H,24,30). The van der Waals surface area contributed by atoms with Gasteiger partial charge in [-0.15, -0.1) is 10.2 Å². The van der Waals surface area contributed by atoms with E-state index in [0.29, 0.717) is 31.8 Å². The fraction of sp³-hybridized carbons (Fsp3) is 0.391. The van der Waals surface area contributed by atoms with Crippen LogP contribution in [0.2, 0.25) is 0 Å². The lowest BCUT2D eigenvalue weighted by atomic mass is 10.1. The zero-order valence-corrected chi connectivity index (χ0v) is 17.2. The van der Waals surface area contributed by atoms with Gasteiger partial charge in [-0.05, 0) is 43.1 Å². The van der Waals surface area contributed by atoms with Gasteiger partial charge in [-0.25, -0.2) is 0 Å². The van der Waals surface area contributed by atoms with Gasteiger partial charge in [0, 0.05) is 18.5 Å². The van der Waals surface area contributed by atoms with E-state index in [4.69, 9.17) is 0 Å². The van der Waals surface area contributed by atoms with Crippen LogP contribution in [0.15, 0.2) is 60.7 Å². The normalized spacial score (nSPS) is 15.2. The van der Waals surface area contributed by atoms with E-state index in [-0.39, 0.29) is 11.9 Å². The Hall–Kier alpha value is -3.06. The minimum Gasteiger partial charge on any atom is -0.354 e. The Bertz CT molecular complexity index is 921. The van der Waals surface area contributed by atoms with Crippen LogP contribution < -0.4 is 5.32 Å². The molecule has 1 aliphatic rings. The quantitative estimate of drug-likeness (QED) is 0.593. The second-order valence-electron chi connectivity index (χ2n) is 7.65. The van der Waals surface area contributed by atoms with Crippen molar-refractivity contribution >= 4 is 5.91 Å². The average Bonchev–Trinajstić information content (AvgIpc) is 3.48. The number of amides is 1. The molecule has 1 unspecified atom stereocenters. The van der Waals surface area contributed by atoms with Crippen molar-refractivity contribution in [3.05, 3.63) is 66.2 Å². The molecule has 4 rings (SSSR count). The van der Waals surface area contributed by atoms with Gasteiger partial charge in [0.25, 0.3) is 0 Å². The summed E-state index contributed by atoms with van der Waals surface area (Å²) in [5.41, 5.74) is 2.20. The summed E-state index contributed by atoms with van der Waals surface area (Å²) in [6.07, 6.45) is 3.58. The molecular formula is C23H28N6O. The number of hydrogen-bond donors (Lipinski definition) is 1. The summed E-state index contributed by atoms with van der Waals surface area (Å²) in [6.45, 7) is 3.40. The van der Waals surface area contributed by atoms with Gasteiger partial charge >= 0.3 is 0 Å². The number of likely N-dealkylation sites (tertiary alicyclic amines) is 1. The molecule has 0 bridgehead atoms. The summed E-state index contributed by atoms with van der Waals surface area (Å²) < 4.78 is 0. The summed E-state index contributed by atoms with van der Waals surface area (Å²) in [7, 11) is 0. The lowest BCUT2D eigenvalue weighted by molar-refractivity contribution is -0.121. The van der Waals surface area contributed by atoms with E-state index in [9.17, 15) is 4.79 Å². The molecule has 1 aromatic heterocycles. The number of nitrogens with one attached hydrogen (secondary N) is 1. The molecule has 2 heterocycles. The number of hydrogen-bond acceptors (Lipinski definition) is 5. The first-order chi connectivity index (χ1) is 14.8. The highest BCUT2D eigenvalue weighted by molar-refractivity contribution is 5.75. The average molecular weight is 405 g/mol. The Morgan fingerprint density at radius 2 is 1.70 bits per heavy atom. The SMILES string of the molecule is O=C(CCCn1nnc(-c2ccccc2)n1)NCC(c1ccccc1)N1CCCC1. The summed E-state index contributed by atoms with van der Waals surface area (Å²) in [4.78, 5) is 16.4. The van der Waals surface area contributed by atoms with Crippen molar-refractivity contribution in [1.82, 2.24) is 30.4 Å². The van der Waals surface area contributed by atoms with E-state index < -0.39 is 0 Å². The zero-order valence-electron chi connectivity index (χ0n) is 17.2. The van der Waals surface area contributed by atoms with Crippen LogP contribution in [0.5, 0.6) is 0 Å². The van der Waals surface area contributed by atoms with E-state index >= 15 is 0 Å². The molecule has 1 N–H and O–H groups in total. The highest BCUT2D eigenvalue weighted by atomic mass is 16.1. The van der Waals surface area contributed by atoms with Crippen molar-refractivity contribution in [2.24, 2.45) is 0 Å². The number of aromatic nitrogens is 4. The van der Waals surface area contributed by atoms with Crippen molar-refractivity contribution in [1.29, 1.82) is 0 Å². The number of carbonyl (C=O) groups is 1. The van der Waals surface area contributed by atoms with Gasteiger partial charge in [0.1, 0.15) is 0 Å². The van der Waals surface area contributed by atoms with Crippen LogP contribution in [0, 0.1) is 0 Å². The highest BCUT2D eigenvalue weighted by Gasteiger charge is 2.23. The Labute approximate surface area is 177 Å². The first-order valence-corrected chi connectivity index (χ1v) is 10.7. The number of aryl methyl sites for hydroxylation is 1.